The fraction of sp³-hybridized carbons (Fsp3) is 0.316. The second-order valence-corrected chi connectivity index (χ2v) is 9.15. The molecule has 26 heavy (non-hydrogen) atoms. The van der Waals surface area contributed by atoms with Gasteiger partial charge < -0.3 is 10.5 Å². The van der Waals surface area contributed by atoms with Gasteiger partial charge >= 0.3 is 0 Å². The lowest BCUT2D eigenvalue weighted by atomic mass is 9.86. The Morgan fingerprint density at radius 1 is 1.15 bits per heavy atom. The van der Waals surface area contributed by atoms with Crippen LogP contribution in [0.1, 0.15) is 26.3 Å². The lowest BCUT2D eigenvalue weighted by molar-refractivity contribution is -0.124. The Morgan fingerprint density at radius 3 is 2.38 bits per heavy atom. The lowest BCUT2D eigenvalue weighted by Gasteiger charge is -2.35. The van der Waals surface area contributed by atoms with Crippen molar-refractivity contribution in [2.45, 2.75) is 37.2 Å². The largest absolute Gasteiger partial charge is 0.476 e. The van der Waals surface area contributed by atoms with Gasteiger partial charge in [0.1, 0.15) is 5.75 Å². The summed E-state index contributed by atoms with van der Waals surface area (Å²) in [5.74, 6) is -0.378. The molecular formula is C19H22N2O4S. The van der Waals surface area contributed by atoms with E-state index >= 15 is 0 Å². The van der Waals surface area contributed by atoms with Gasteiger partial charge in [0, 0.05) is 0 Å². The van der Waals surface area contributed by atoms with Gasteiger partial charge in [-0.3, -0.25) is 9.10 Å². The van der Waals surface area contributed by atoms with E-state index in [1.807, 2.05) is 26.8 Å². The summed E-state index contributed by atoms with van der Waals surface area (Å²) in [6.45, 7) is 5.97. The topological polar surface area (TPSA) is 89.7 Å². The number of benzene rings is 2. The van der Waals surface area contributed by atoms with E-state index in [4.69, 9.17) is 10.5 Å². The molecule has 1 amide bonds. The molecule has 1 aliphatic heterocycles. The van der Waals surface area contributed by atoms with Crippen LogP contribution in [0.4, 0.5) is 5.69 Å². The van der Waals surface area contributed by atoms with E-state index in [0.717, 1.165) is 5.56 Å². The van der Waals surface area contributed by atoms with Crippen molar-refractivity contribution >= 4 is 21.6 Å². The fourth-order valence-electron chi connectivity index (χ4n) is 2.81. The van der Waals surface area contributed by atoms with Gasteiger partial charge in [0.05, 0.1) is 17.1 Å². The van der Waals surface area contributed by atoms with Crippen LogP contribution in [0.3, 0.4) is 0 Å². The number of anilines is 1. The zero-order valence-corrected chi connectivity index (χ0v) is 15.8. The normalized spacial score (nSPS) is 17.3. The first-order valence-electron chi connectivity index (χ1n) is 8.29. The van der Waals surface area contributed by atoms with Gasteiger partial charge in [0.25, 0.3) is 15.9 Å². The molecule has 0 aliphatic carbocycles. The molecule has 1 atom stereocenters. The zero-order valence-electron chi connectivity index (χ0n) is 15.0. The van der Waals surface area contributed by atoms with Gasteiger partial charge in [-0.1, -0.05) is 45.0 Å². The van der Waals surface area contributed by atoms with E-state index < -0.39 is 22.0 Å². The molecule has 0 unspecified atom stereocenters. The first kappa shape index (κ1) is 18.3. The number of rotatable bonds is 3. The number of carbonyl (C=O) groups is 1. The molecule has 0 saturated carbocycles. The van der Waals surface area contributed by atoms with Crippen molar-refractivity contribution in [1.29, 1.82) is 0 Å². The highest BCUT2D eigenvalue weighted by Crippen LogP contribution is 2.39. The van der Waals surface area contributed by atoms with E-state index in [1.54, 1.807) is 30.3 Å². The number of hydrogen-bond acceptors (Lipinski definition) is 4. The molecule has 0 radical (unpaired) electrons. The van der Waals surface area contributed by atoms with Crippen molar-refractivity contribution < 1.29 is 17.9 Å². The summed E-state index contributed by atoms with van der Waals surface area (Å²) in [4.78, 5) is 11.8. The van der Waals surface area contributed by atoms with E-state index in [2.05, 4.69) is 0 Å². The Morgan fingerprint density at radius 2 is 1.81 bits per heavy atom. The molecule has 1 aliphatic rings. The highest BCUT2D eigenvalue weighted by Gasteiger charge is 2.37. The Hall–Kier alpha value is -2.54. The molecule has 2 N–H and O–H groups in total. The van der Waals surface area contributed by atoms with Gasteiger partial charge in [-0.2, -0.15) is 0 Å². The average molecular weight is 374 g/mol. The predicted octanol–water partition coefficient (Wildman–Crippen LogP) is 2.43. The number of nitrogens with two attached hydrogens (primary N) is 1. The van der Waals surface area contributed by atoms with Crippen molar-refractivity contribution in [2.75, 3.05) is 10.8 Å². The molecule has 0 fully saturated rings. The zero-order chi connectivity index (χ0) is 19.1. The Kier molecular flexibility index (Phi) is 4.44. The van der Waals surface area contributed by atoms with Crippen LogP contribution >= 0.6 is 0 Å². The van der Waals surface area contributed by atoms with Crippen molar-refractivity contribution in [3.63, 3.8) is 0 Å². The smallest absolute Gasteiger partial charge is 0.264 e. The predicted molar refractivity (Wildman–Crippen MR) is 99.7 cm³/mol. The van der Waals surface area contributed by atoms with Gasteiger partial charge in [-0.25, -0.2) is 8.42 Å². The van der Waals surface area contributed by atoms with E-state index in [1.165, 1.54) is 16.4 Å². The van der Waals surface area contributed by atoms with Gasteiger partial charge in [-0.15, -0.1) is 0 Å². The molecule has 0 spiro atoms. The van der Waals surface area contributed by atoms with E-state index in [9.17, 15) is 13.2 Å². The van der Waals surface area contributed by atoms with Crippen LogP contribution < -0.4 is 14.8 Å². The third-order valence-corrected chi connectivity index (χ3v) is 6.14. The number of hydrogen-bond donors (Lipinski definition) is 1. The van der Waals surface area contributed by atoms with Crippen molar-refractivity contribution in [3.05, 3.63) is 54.1 Å². The number of fused-ring (bicyclic) bond motifs is 1. The molecule has 2 aromatic carbocycles. The standard InChI is InChI=1S/C19H22N2O4S/c1-19(2,3)13-9-10-16-15(11-13)21(12-17(25-16)18(20)22)26(23,24)14-7-5-4-6-8-14/h4-11,17H,12H2,1-3H3,(H2,20,22)/t17-/m0/s1. The maximum absolute atomic E-state index is 13.2. The van der Waals surface area contributed by atoms with E-state index in [-0.39, 0.29) is 16.9 Å². The number of sulfonamides is 1. The molecule has 6 nitrogen and oxygen atoms in total. The summed E-state index contributed by atoms with van der Waals surface area (Å²) in [5, 5.41) is 0. The molecule has 2 aromatic rings. The van der Waals surface area contributed by atoms with Gasteiger partial charge in [0.15, 0.2) is 6.10 Å². The minimum absolute atomic E-state index is 0.150. The third kappa shape index (κ3) is 3.26. The summed E-state index contributed by atoms with van der Waals surface area (Å²) in [5.41, 5.74) is 6.59. The second-order valence-electron chi connectivity index (χ2n) is 7.29. The Bertz CT molecular complexity index is 934. The van der Waals surface area contributed by atoms with Gasteiger partial charge in [-0.05, 0) is 35.2 Å². The highest BCUT2D eigenvalue weighted by molar-refractivity contribution is 7.92. The number of primary amides is 1. The number of amides is 1. The number of nitrogens with zero attached hydrogens (tertiary/aromatic N) is 1. The minimum atomic E-state index is -3.86. The summed E-state index contributed by atoms with van der Waals surface area (Å²) >= 11 is 0. The van der Waals surface area contributed by atoms with Crippen molar-refractivity contribution in [2.24, 2.45) is 5.73 Å². The first-order valence-corrected chi connectivity index (χ1v) is 9.73. The summed E-state index contributed by atoms with van der Waals surface area (Å²) < 4.78 is 33.3. The number of ether oxygens (including phenoxy) is 1. The molecule has 0 bridgehead atoms. The van der Waals surface area contributed by atoms with Crippen LogP contribution in [0.15, 0.2) is 53.4 Å². The molecular weight excluding hydrogens is 352 g/mol. The summed E-state index contributed by atoms with van der Waals surface area (Å²) in [7, 11) is -3.86. The minimum Gasteiger partial charge on any atom is -0.476 e. The molecule has 1 heterocycles. The van der Waals surface area contributed by atoms with Crippen LogP contribution in [0, 0.1) is 0 Å². The van der Waals surface area contributed by atoms with Gasteiger partial charge in [0.2, 0.25) is 0 Å². The van der Waals surface area contributed by atoms with Crippen LogP contribution in [-0.2, 0) is 20.2 Å². The first-order chi connectivity index (χ1) is 12.1. The molecule has 0 aromatic heterocycles. The monoisotopic (exact) mass is 374 g/mol. The molecule has 7 heteroatoms. The maximum Gasteiger partial charge on any atom is 0.264 e. The van der Waals surface area contributed by atoms with Crippen LogP contribution in [-0.4, -0.2) is 27.0 Å². The van der Waals surface area contributed by atoms with Crippen LogP contribution in [0.25, 0.3) is 0 Å². The molecule has 3 rings (SSSR count). The molecule has 0 saturated heterocycles. The van der Waals surface area contributed by atoms with Crippen LogP contribution in [0.2, 0.25) is 0 Å². The fourth-order valence-corrected chi connectivity index (χ4v) is 4.30. The Balaban J connectivity index is 2.17. The maximum atomic E-state index is 13.2. The summed E-state index contributed by atoms with van der Waals surface area (Å²) in [6, 6.07) is 13.5. The highest BCUT2D eigenvalue weighted by atomic mass is 32.2. The third-order valence-electron chi connectivity index (χ3n) is 4.34. The van der Waals surface area contributed by atoms with Crippen molar-refractivity contribution in [3.8, 4) is 5.75 Å². The van der Waals surface area contributed by atoms with Crippen molar-refractivity contribution in [1.82, 2.24) is 0 Å². The quantitative estimate of drug-likeness (QED) is 0.893. The molecule has 138 valence electrons. The SMILES string of the molecule is CC(C)(C)c1ccc2c(c1)N(S(=O)(=O)c1ccccc1)C[C@@H](C(N)=O)O2. The second kappa shape index (κ2) is 6.32. The lowest BCUT2D eigenvalue weighted by Crippen LogP contribution is -2.49. The number of carbonyl (C=O) groups excluding carboxylic acids is 1. The van der Waals surface area contributed by atoms with Crippen LogP contribution in [0.5, 0.6) is 5.75 Å². The average Bonchev–Trinajstić information content (AvgIpc) is 2.60. The van der Waals surface area contributed by atoms with E-state index in [0.29, 0.717) is 11.4 Å². The summed E-state index contributed by atoms with van der Waals surface area (Å²) in [6.07, 6.45) is -1.04. The Labute approximate surface area is 153 Å².